The summed E-state index contributed by atoms with van der Waals surface area (Å²) in [6, 6.07) is 10.9. The van der Waals surface area contributed by atoms with Crippen LogP contribution in [0.2, 0.25) is 0 Å². The third-order valence-electron chi connectivity index (χ3n) is 3.99. The van der Waals surface area contributed by atoms with Gasteiger partial charge in [-0.1, -0.05) is 25.1 Å². The van der Waals surface area contributed by atoms with Crippen LogP contribution in [-0.2, 0) is 6.42 Å². The van der Waals surface area contributed by atoms with Crippen molar-refractivity contribution < 1.29 is 9.15 Å². The summed E-state index contributed by atoms with van der Waals surface area (Å²) in [5, 5.41) is 3.63. The third-order valence-corrected chi connectivity index (χ3v) is 3.99. The molecular weight excluding hydrogens is 250 g/mol. The number of nitrogens with one attached hydrogen (secondary N) is 1. The topological polar surface area (TPSA) is 34.4 Å². The van der Waals surface area contributed by atoms with E-state index >= 15 is 0 Å². The molecule has 3 heteroatoms. The number of likely N-dealkylation sites (N-methyl/N-ethyl adjacent to an activating group) is 1. The summed E-state index contributed by atoms with van der Waals surface area (Å²) in [5.41, 5.74) is 2.58. The van der Waals surface area contributed by atoms with Crippen molar-refractivity contribution >= 4 is 0 Å². The maximum Gasteiger partial charge on any atom is 0.122 e. The van der Waals surface area contributed by atoms with Crippen LogP contribution in [0.5, 0.6) is 5.75 Å². The van der Waals surface area contributed by atoms with Crippen LogP contribution in [-0.4, -0.2) is 19.2 Å². The number of fused-ring (bicyclic) bond motifs is 1. The van der Waals surface area contributed by atoms with E-state index in [2.05, 4.69) is 36.5 Å². The Labute approximate surface area is 119 Å². The fourth-order valence-corrected chi connectivity index (χ4v) is 3.07. The Bertz CT molecular complexity index is 536. The van der Waals surface area contributed by atoms with E-state index in [0.717, 1.165) is 31.7 Å². The van der Waals surface area contributed by atoms with Crippen molar-refractivity contribution in [2.24, 2.45) is 0 Å². The number of hydrogen-bond acceptors (Lipinski definition) is 3. The first kappa shape index (κ1) is 13.3. The summed E-state index contributed by atoms with van der Waals surface area (Å²) in [4.78, 5) is 0. The number of furan rings is 1. The van der Waals surface area contributed by atoms with E-state index in [4.69, 9.17) is 9.15 Å². The predicted octanol–water partition coefficient (Wildman–Crippen LogP) is 3.37. The van der Waals surface area contributed by atoms with Crippen molar-refractivity contribution in [3.63, 3.8) is 0 Å². The molecule has 0 aliphatic carbocycles. The fourth-order valence-electron chi connectivity index (χ4n) is 3.07. The summed E-state index contributed by atoms with van der Waals surface area (Å²) in [7, 11) is 0. The molecule has 0 saturated heterocycles. The van der Waals surface area contributed by atoms with Crippen LogP contribution >= 0.6 is 0 Å². The summed E-state index contributed by atoms with van der Waals surface area (Å²) < 4.78 is 11.0. The molecule has 0 spiro atoms. The van der Waals surface area contributed by atoms with Crippen molar-refractivity contribution in [3.8, 4) is 5.75 Å². The maximum atomic E-state index is 5.77. The number of hydrogen-bond donors (Lipinski definition) is 1. The summed E-state index contributed by atoms with van der Waals surface area (Å²) in [5.74, 6) is 1.54. The first-order chi connectivity index (χ1) is 9.88. The molecule has 0 amide bonds. The zero-order valence-electron chi connectivity index (χ0n) is 11.8. The second-order valence-corrected chi connectivity index (χ2v) is 5.28. The number of ether oxygens (including phenoxy) is 1. The Morgan fingerprint density at radius 2 is 2.20 bits per heavy atom. The van der Waals surface area contributed by atoms with Gasteiger partial charge in [-0.15, -0.1) is 0 Å². The lowest BCUT2D eigenvalue weighted by Gasteiger charge is -2.32. The molecule has 0 radical (unpaired) electrons. The van der Waals surface area contributed by atoms with Gasteiger partial charge in [0.1, 0.15) is 5.75 Å². The van der Waals surface area contributed by atoms with E-state index in [1.165, 1.54) is 11.1 Å². The third kappa shape index (κ3) is 2.73. The number of rotatable bonds is 5. The minimum absolute atomic E-state index is 0.419. The van der Waals surface area contributed by atoms with Gasteiger partial charge in [-0.3, -0.25) is 0 Å². The van der Waals surface area contributed by atoms with Gasteiger partial charge in [0.05, 0.1) is 19.1 Å². The Hall–Kier alpha value is -1.74. The van der Waals surface area contributed by atoms with Crippen molar-refractivity contribution in [2.45, 2.75) is 31.7 Å². The molecule has 1 aliphatic heterocycles. The summed E-state index contributed by atoms with van der Waals surface area (Å²) in [6.45, 7) is 3.94. The smallest absolute Gasteiger partial charge is 0.122 e. The van der Waals surface area contributed by atoms with Crippen LogP contribution in [0.3, 0.4) is 0 Å². The molecule has 2 heterocycles. The van der Waals surface area contributed by atoms with Gasteiger partial charge in [-0.25, -0.2) is 0 Å². The van der Waals surface area contributed by atoms with Gasteiger partial charge in [0, 0.05) is 12.0 Å². The van der Waals surface area contributed by atoms with Gasteiger partial charge in [-0.2, -0.15) is 0 Å². The fraction of sp³-hybridized carbons (Fsp3) is 0.412. The SMILES string of the molecule is CCNC(Cc1ccoc1)C1CCOc2ccccc21. The Kier molecular flexibility index (Phi) is 4.07. The Morgan fingerprint density at radius 3 is 3.00 bits per heavy atom. The van der Waals surface area contributed by atoms with E-state index in [9.17, 15) is 0 Å². The highest BCUT2D eigenvalue weighted by atomic mass is 16.5. The monoisotopic (exact) mass is 271 g/mol. The quantitative estimate of drug-likeness (QED) is 0.905. The average molecular weight is 271 g/mol. The van der Waals surface area contributed by atoms with Crippen LogP contribution in [0.25, 0.3) is 0 Å². The van der Waals surface area contributed by atoms with Crippen molar-refractivity contribution in [2.75, 3.05) is 13.2 Å². The highest BCUT2D eigenvalue weighted by Crippen LogP contribution is 2.36. The van der Waals surface area contributed by atoms with Gasteiger partial charge in [0.2, 0.25) is 0 Å². The van der Waals surface area contributed by atoms with Crippen molar-refractivity contribution in [1.82, 2.24) is 5.32 Å². The standard InChI is InChI=1S/C17H21NO2/c1-2-18-16(11-13-7-9-19-12-13)14-8-10-20-17-6-4-3-5-15(14)17/h3-7,9,12,14,16,18H,2,8,10-11H2,1H3. The van der Waals surface area contributed by atoms with Crippen LogP contribution in [0, 0.1) is 0 Å². The van der Waals surface area contributed by atoms with Crippen LogP contribution in [0.15, 0.2) is 47.3 Å². The largest absolute Gasteiger partial charge is 0.493 e. The highest BCUT2D eigenvalue weighted by Gasteiger charge is 2.28. The molecule has 20 heavy (non-hydrogen) atoms. The summed E-state index contributed by atoms with van der Waals surface area (Å²) in [6.07, 6.45) is 5.64. The molecule has 1 aliphatic rings. The van der Waals surface area contributed by atoms with Gasteiger partial charge in [0.25, 0.3) is 0 Å². The molecule has 0 fully saturated rings. The number of para-hydroxylation sites is 1. The molecule has 3 nitrogen and oxygen atoms in total. The molecule has 2 aromatic rings. The van der Waals surface area contributed by atoms with E-state index in [1.54, 1.807) is 6.26 Å². The predicted molar refractivity (Wildman–Crippen MR) is 79.2 cm³/mol. The van der Waals surface area contributed by atoms with Crippen LogP contribution < -0.4 is 10.1 Å². The van der Waals surface area contributed by atoms with Gasteiger partial charge in [0.15, 0.2) is 0 Å². The normalized spacial score (nSPS) is 19.1. The molecule has 0 saturated carbocycles. The molecule has 0 bridgehead atoms. The lowest BCUT2D eigenvalue weighted by atomic mass is 9.84. The second kappa shape index (κ2) is 6.14. The molecule has 1 aromatic carbocycles. The zero-order valence-corrected chi connectivity index (χ0v) is 11.8. The van der Waals surface area contributed by atoms with Crippen molar-refractivity contribution in [3.05, 3.63) is 54.0 Å². The van der Waals surface area contributed by atoms with Gasteiger partial charge >= 0.3 is 0 Å². The molecule has 3 rings (SSSR count). The van der Waals surface area contributed by atoms with Gasteiger partial charge in [-0.05, 0) is 42.6 Å². The van der Waals surface area contributed by atoms with Crippen LogP contribution in [0.1, 0.15) is 30.4 Å². The molecule has 1 aromatic heterocycles. The van der Waals surface area contributed by atoms with E-state index < -0.39 is 0 Å². The lowest BCUT2D eigenvalue weighted by Crippen LogP contribution is -2.38. The first-order valence-corrected chi connectivity index (χ1v) is 7.34. The highest BCUT2D eigenvalue weighted by molar-refractivity contribution is 5.39. The molecule has 106 valence electrons. The minimum Gasteiger partial charge on any atom is -0.493 e. The van der Waals surface area contributed by atoms with E-state index in [-0.39, 0.29) is 0 Å². The Balaban J connectivity index is 1.84. The van der Waals surface area contributed by atoms with E-state index in [1.807, 2.05) is 12.3 Å². The molecule has 2 atom stereocenters. The molecule has 1 N–H and O–H groups in total. The lowest BCUT2D eigenvalue weighted by molar-refractivity contribution is 0.245. The number of benzene rings is 1. The Morgan fingerprint density at radius 1 is 1.30 bits per heavy atom. The van der Waals surface area contributed by atoms with Gasteiger partial charge < -0.3 is 14.5 Å². The molecular formula is C17H21NO2. The summed E-state index contributed by atoms with van der Waals surface area (Å²) >= 11 is 0. The minimum atomic E-state index is 0.419. The first-order valence-electron chi connectivity index (χ1n) is 7.34. The van der Waals surface area contributed by atoms with Crippen molar-refractivity contribution in [1.29, 1.82) is 0 Å². The zero-order chi connectivity index (χ0) is 13.8. The second-order valence-electron chi connectivity index (χ2n) is 5.28. The average Bonchev–Trinajstić information content (AvgIpc) is 2.99. The van der Waals surface area contributed by atoms with E-state index in [0.29, 0.717) is 12.0 Å². The maximum absolute atomic E-state index is 5.77. The van der Waals surface area contributed by atoms with Crippen LogP contribution in [0.4, 0.5) is 0 Å². The molecule has 2 unspecified atom stereocenters.